The van der Waals surface area contributed by atoms with Crippen molar-refractivity contribution in [1.29, 1.82) is 5.26 Å². The lowest BCUT2D eigenvalue weighted by molar-refractivity contribution is 0.0303. The van der Waals surface area contributed by atoms with Crippen LogP contribution >= 0.6 is 0 Å². The minimum absolute atomic E-state index is 0.000419. The lowest BCUT2D eigenvalue weighted by atomic mass is 9.93. The molecule has 2 N–H and O–H groups in total. The number of carbonyl (C=O) groups is 2. The number of hydrogen-bond acceptors (Lipinski definition) is 4. The van der Waals surface area contributed by atoms with Crippen LogP contribution in [0, 0.1) is 11.3 Å². The average Bonchev–Trinajstić information content (AvgIpc) is 3.21. The Morgan fingerprint density at radius 3 is 2.38 bits per heavy atom. The molecular formula is C26H21N3O3. The maximum atomic E-state index is 12.9. The quantitative estimate of drug-likeness (QED) is 0.546. The van der Waals surface area contributed by atoms with Gasteiger partial charge in [-0.05, 0) is 76.2 Å². The molecule has 3 aromatic rings. The van der Waals surface area contributed by atoms with Crippen molar-refractivity contribution in [3.63, 3.8) is 0 Å². The van der Waals surface area contributed by atoms with E-state index in [1.54, 1.807) is 12.1 Å². The number of nitrogens with zero attached hydrogens (tertiary/aromatic N) is 2. The molecule has 2 aliphatic rings. The summed E-state index contributed by atoms with van der Waals surface area (Å²) in [5, 5.41) is 9.05. The van der Waals surface area contributed by atoms with Crippen LogP contribution in [0.3, 0.4) is 0 Å². The van der Waals surface area contributed by atoms with Gasteiger partial charge in [0.15, 0.2) is 0 Å². The Labute approximate surface area is 185 Å². The van der Waals surface area contributed by atoms with E-state index in [0.29, 0.717) is 49.4 Å². The number of hydrogen-bond donors (Lipinski definition) is 1. The maximum Gasteiger partial charge on any atom is 0.254 e. The molecule has 1 fully saturated rings. The normalized spacial score (nSPS) is 14.4. The fourth-order valence-corrected chi connectivity index (χ4v) is 4.50. The van der Waals surface area contributed by atoms with Gasteiger partial charge in [-0.2, -0.15) is 5.26 Å². The highest BCUT2D eigenvalue weighted by molar-refractivity contribution is 6.01. The first-order valence-corrected chi connectivity index (χ1v) is 10.5. The van der Waals surface area contributed by atoms with Crippen LogP contribution in [-0.2, 0) is 11.2 Å². The molecule has 0 atom stereocenters. The molecule has 3 aromatic carbocycles. The van der Waals surface area contributed by atoms with Crippen molar-refractivity contribution >= 4 is 11.8 Å². The summed E-state index contributed by atoms with van der Waals surface area (Å²) in [6, 6.07) is 19.0. The van der Waals surface area contributed by atoms with Gasteiger partial charge in [-0.15, -0.1) is 0 Å². The molecule has 0 unspecified atom stereocenters. The van der Waals surface area contributed by atoms with E-state index >= 15 is 0 Å². The second-order valence-electron chi connectivity index (χ2n) is 8.06. The fourth-order valence-electron chi connectivity index (χ4n) is 4.50. The first-order chi connectivity index (χ1) is 15.5. The number of ether oxygens (including phenoxy) is 1. The third-order valence-electron chi connectivity index (χ3n) is 6.17. The van der Waals surface area contributed by atoms with E-state index in [1.807, 2.05) is 41.3 Å². The van der Waals surface area contributed by atoms with Gasteiger partial charge >= 0.3 is 0 Å². The van der Waals surface area contributed by atoms with Crippen molar-refractivity contribution < 1.29 is 14.3 Å². The largest absolute Gasteiger partial charge is 0.378 e. The number of nitriles is 1. The van der Waals surface area contributed by atoms with E-state index in [9.17, 15) is 9.59 Å². The van der Waals surface area contributed by atoms with Gasteiger partial charge in [-0.25, -0.2) is 0 Å². The summed E-state index contributed by atoms with van der Waals surface area (Å²) >= 11 is 0. The molecular weight excluding hydrogens is 402 g/mol. The van der Waals surface area contributed by atoms with Crippen molar-refractivity contribution in [2.45, 2.75) is 6.42 Å². The minimum Gasteiger partial charge on any atom is -0.378 e. The number of amides is 2. The molecule has 0 bridgehead atoms. The Balaban J connectivity index is 1.55. The highest BCUT2D eigenvalue weighted by Crippen LogP contribution is 2.41. The molecule has 0 saturated carbocycles. The van der Waals surface area contributed by atoms with Crippen LogP contribution < -0.4 is 5.73 Å². The number of benzene rings is 3. The van der Waals surface area contributed by atoms with Gasteiger partial charge in [0.1, 0.15) is 0 Å². The van der Waals surface area contributed by atoms with Crippen LogP contribution in [0.2, 0.25) is 0 Å². The molecule has 6 nitrogen and oxygen atoms in total. The number of carbonyl (C=O) groups excluding carboxylic acids is 2. The van der Waals surface area contributed by atoms with Gasteiger partial charge in [-0.1, -0.05) is 18.2 Å². The number of fused-ring (bicyclic) bond motifs is 3. The number of nitrogens with two attached hydrogens (primary N) is 1. The predicted molar refractivity (Wildman–Crippen MR) is 120 cm³/mol. The smallest absolute Gasteiger partial charge is 0.254 e. The lowest BCUT2D eigenvalue weighted by Crippen LogP contribution is -2.40. The highest BCUT2D eigenvalue weighted by atomic mass is 16.5. The molecule has 2 amide bonds. The van der Waals surface area contributed by atoms with E-state index in [4.69, 9.17) is 15.7 Å². The topological polar surface area (TPSA) is 96.4 Å². The van der Waals surface area contributed by atoms with Crippen molar-refractivity contribution in [2.24, 2.45) is 5.73 Å². The second kappa shape index (κ2) is 7.95. The third kappa shape index (κ3) is 3.43. The van der Waals surface area contributed by atoms with Crippen LogP contribution in [0.5, 0.6) is 0 Å². The SMILES string of the molecule is N#Cc1ccc(-c2cc(C(N)=O)c3c(c2)-c2ccc(C(=O)N4CCOCC4)cc2C3)cc1. The Hall–Kier alpha value is -3.95. The molecule has 1 aliphatic heterocycles. The summed E-state index contributed by atoms with van der Waals surface area (Å²) in [6.45, 7) is 2.30. The number of morpholine rings is 1. The molecule has 32 heavy (non-hydrogen) atoms. The van der Waals surface area contributed by atoms with Crippen LogP contribution in [-0.4, -0.2) is 43.0 Å². The number of primary amides is 1. The summed E-state index contributed by atoms with van der Waals surface area (Å²) in [5.74, 6) is -0.477. The highest BCUT2D eigenvalue weighted by Gasteiger charge is 2.26. The van der Waals surface area contributed by atoms with Crippen LogP contribution in [0.1, 0.15) is 37.4 Å². The zero-order valence-corrected chi connectivity index (χ0v) is 17.4. The monoisotopic (exact) mass is 423 g/mol. The third-order valence-corrected chi connectivity index (χ3v) is 6.17. The molecule has 0 spiro atoms. The van der Waals surface area contributed by atoms with E-state index in [1.165, 1.54) is 0 Å². The van der Waals surface area contributed by atoms with Crippen LogP contribution in [0.4, 0.5) is 0 Å². The summed E-state index contributed by atoms with van der Waals surface area (Å²) in [6.07, 6.45) is 0.556. The molecule has 1 heterocycles. The van der Waals surface area contributed by atoms with Gasteiger partial charge in [0.05, 0.1) is 24.8 Å². The molecule has 6 heteroatoms. The summed E-state index contributed by atoms with van der Waals surface area (Å²) in [7, 11) is 0. The number of rotatable bonds is 3. The average molecular weight is 423 g/mol. The van der Waals surface area contributed by atoms with Gasteiger partial charge in [0.25, 0.3) is 5.91 Å². The standard InChI is InChI=1S/C26H21N3O3/c27-15-16-1-3-17(4-2-16)19-12-22-21-6-5-18(26(31)29-7-9-32-10-8-29)11-20(21)14-23(22)24(13-19)25(28)30/h1-6,11-13H,7-10,14H2,(H2,28,30). The van der Waals surface area contributed by atoms with Crippen molar-refractivity contribution in [3.8, 4) is 28.3 Å². The summed E-state index contributed by atoms with van der Waals surface area (Å²) < 4.78 is 5.34. The zero-order valence-electron chi connectivity index (χ0n) is 17.4. The molecule has 0 radical (unpaired) electrons. The first kappa shape index (κ1) is 20.0. The maximum absolute atomic E-state index is 12.9. The molecule has 158 valence electrons. The van der Waals surface area contributed by atoms with Crippen molar-refractivity contribution in [3.05, 3.63) is 82.4 Å². The Morgan fingerprint density at radius 1 is 0.938 bits per heavy atom. The lowest BCUT2D eigenvalue weighted by Gasteiger charge is -2.27. The van der Waals surface area contributed by atoms with E-state index in [2.05, 4.69) is 12.1 Å². The van der Waals surface area contributed by atoms with Crippen molar-refractivity contribution in [1.82, 2.24) is 4.90 Å². The first-order valence-electron chi connectivity index (χ1n) is 10.5. The zero-order chi connectivity index (χ0) is 22.2. The minimum atomic E-state index is -0.478. The Kier molecular flexibility index (Phi) is 4.96. The van der Waals surface area contributed by atoms with Gasteiger partial charge < -0.3 is 15.4 Å². The fraction of sp³-hybridized carbons (Fsp3) is 0.192. The van der Waals surface area contributed by atoms with E-state index in [0.717, 1.165) is 33.4 Å². The summed E-state index contributed by atoms with van der Waals surface area (Å²) in [4.78, 5) is 27.0. The predicted octanol–water partition coefficient (Wildman–Crippen LogP) is 3.37. The van der Waals surface area contributed by atoms with Crippen LogP contribution in [0.15, 0.2) is 54.6 Å². The van der Waals surface area contributed by atoms with Crippen LogP contribution in [0.25, 0.3) is 22.3 Å². The Morgan fingerprint density at radius 2 is 1.69 bits per heavy atom. The molecule has 0 aromatic heterocycles. The van der Waals surface area contributed by atoms with Gasteiger partial charge in [0, 0.05) is 24.2 Å². The van der Waals surface area contributed by atoms with Gasteiger partial charge in [-0.3, -0.25) is 9.59 Å². The summed E-state index contributed by atoms with van der Waals surface area (Å²) in [5.41, 5.74) is 13.1. The van der Waals surface area contributed by atoms with E-state index in [-0.39, 0.29) is 5.91 Å². The molecule has 1 saturated heterocycles. The van der Waals surface area contributed by atoms with Gasteiger partial charge in [0.2, 0.25) is 5.91 Å². The molecule has 5 rings (SSSR count). The van der Waals surface area contributed by atoms with E-state index < -0.39 is 5.91 Å². The van der Waals surface area contributed by atoms with Crippen molar-refractivity contribution in [2.75, 3.05) is 26.3 Å². The Bertz CT molecular complexity index is 1280. The second-order valence-corrected chi connectivity index (χ2v) is 8.06. The molecule has 1 aliphatic carbocycles.